The zero-order valence-electron chi connectivity index (χ0n) is 12.6. The molecule has 1 aliphatic rings. The molecule has 0 aliphatic carbocycles. The van der Waals surface area contributed by atoms with Crippen LogP contribution in [0.3, 0.4) is 0 Å². The number of aromatic amines is 1. The minimum absolute atomic E-state index is 0.469. The van der Waals surface area contributed by atoms with Crippen molar-refractivity contribution in [1.82, 2.24) is 14.9 Å². The molecule has 4 rings (SSSR count). The van der Waals surface area contributed by atoms with Crippen molar-refractivity contribution in [3.05, 3.63) is 53.0 Å². The van der Waals surface area contributed by atoms with Gasteiger partial charge in [0.15, 0.2) is 0 Å². The Kier molecular flexibility index (Phi) is 3.60. The van der Waals surface area contributed by atoms with Crippen LogP contribution in [0.2, 0.25) is 0 Å². The molecule has 3 aromatic rings. The highest BCUT2D eigenvalue weighted by Gasteiger charge is 2.28. The lowest BCUT2D eigenvalue weighted by Crippen LogP contribution is -2.23. The summed E-state index contributed by atoms with van der Waals surface area (Å²) in [6.07, 6.45) is 4.44. The first kappa shape index (κ1) is 13.8. The normalized spacial score (nSPS) is 19.0. The van der Waals surface area contributed by atoms with Gasteiger partial charge in [-0.05, 0) is 49.9 Å². The minimum Gasteiger partial charge on any atom is -0.440 e. The summed E-state index contributed by atoms with van der Waals surface area (Å²) in [5.41, 5.74) is 2.36. The second kappa shape index (κ2) is 5.74. The van der Waals surface area contributed by atoms with Gasteiger partial charge in [0.2, 0.25) is 5.89 Å². The third kappa shape index (κ3) is 2.51. The van der Waals surface area contributed by atoms with Crippen molar-refractivity contribution in [1.29, 1.82) is 0 Å². The zero-order valence-corrected chi connectivity index (χ0v) is 13.4. The van der Waals surface area contributed by atoms with Crippen LogP contribution in [0.25, 0.3) is 10.8 Å². The second-order valence-corrected chi connectivity index (χ2v) is 6.70. The molecule has 114 valence electrons. The molecule has 4 nitrogen and oxygen atoms in total. The SMILES string of the molecule is Cc1oc(-c2cccs2)nc1CN1CCCC1c1ccc[nH]1. The Morgan fingerprint density at radius 3 is 3.14 bits per heavy atom. The molecule has 1 saturated heterocycles. The third-order valence-electron chi connectivity index (χ3n) is 4.32. The van der Waals surface area contributed by atoms with Gasteiger partial charge in [0.1, 0.15) is 5.76 Å². The standard InChI is InChI=1S/C17H19N3OS/c1-12-14(19-17(21-12)16-7-4-10-22-16)11-20-9-3-6-15(20)13-5-2-8-18-13/h2,4-5,7-8,10,15,18H,3,6,9,11H2,1H3. The Morgan fingerprint density at radius 1 is 1.41 bits per heavy atom. The van der Waals surface area contributed by atoms with E-state index in [-0.39, 0.29) is 0 Å². The molecule has 1 N–H and O–H groups in total. The Balaban J connectivity index is 1.56. The Morgan fingerprint density at radius 2 is 2.36 bits per heavy atom. The molecule has 0 radical (unpaired) electrons. The van der Waals surface area contributed by atoms with Crippen LogP contribution in [-0.2, 0) is 6.54 Å². The lowest BCUT2D eigenvalue weighted by atomic mass is 10.1. The number of H-pyrrole nitrogens is 1. The van der Waals surface area contributed by atoms with Crippen molar-refractivity contribution in [3.8, 4) is 10.8 Å². The molecule has 0 spiro atoms. The van der Waals surface area contributed by atoms with Gasteiger partial charge in [0, 0.05) is 18.4 Å². The average molecular weight is 313 g/mol. The smallest absolute Gasteiger partial charge is 0.236 e. The number of aromatic nitrogens is 2. The Labute approximate surface area is 133 Å². The number of hydrogen-bond donors (Lipinski definition) is 1. The number of hydrogen-bond acceptors (Lipinski definition) is 4. The number of aryl methyl sites for hydroxylation is 1. The van der Waals surface area contributed by atoms with Gasteiger partial charge in [0.05, 0.1) is 16.6 Å². The number of oxazole rings is 1. The molecule has 0 aromatic carbocycles. The summed E-state index contributed by atoms with van der Waals surface area (Å²) in [6.45, 7) is 3.98. The molecule has 4 heterocycles. The molecule has 0 bridgehead atoms. The van der Waals surface area contributed by atoms with Crippen molar-refractivity contribution in [2.45, 2.75) is 32.4 Å². The van der Waals surface area contributed by atoms with E-state index in [1.165, 1.54) is 18.5 Å². The van der Waals surface area contributed by atoms with Gasteiger partial charge in [-0.15, -0.1) is 11.3 Å². The maximum absolute atomic E-state index is 5.86. The molecular weight excluding hydrogens is 294 g/mol. The fourth-order valence-electron chi connectivity index (χ4n) is 3.19. The van der Waals surface area contributed by atoms with Crippen LogP contribution in [0.15, 0.2) is 40.3 Å². The van der Waals surface area contributed by atoms with Gasteiger partial charge in [-0.3, -0.25) is 4.90 Å². The summed E-state index contributed by atoms with van der Waals surface area (Å²) in [5, 5.41) is 2.05. The van der Waals surface area contributed by atoms with Gasteiger partial charge in [-0.1, -0.05) is 6.07 Å². The summed E-state index contributed by atoms with van der Waals surface area (Å²) in [6, 6.07) is 8.80. The molecule has 22 heavy (non-hydrogen) atoms. The summed E-state index contributed by atoms with van der Waals surface area (Å²) in [4.78, 5) is 11.7. The van der Waals surface area contributed by atoms with Crippen LogP contribution in [0, 0.1) is 6.92 Å². The Bertz CT molecular complexity index is 730. The lowest BCUT2D eigenvalue weighted by Gasteiger charge is -2.22. The fourth-order valence-corrected chi connectivity index (χ4v) is 3.84. The highest BCUT2D eigenvalue weighted by Crippen LogP contribution is 2.33. The predicted molar refractivity (Wildman–Crippen MR) is 87.7 cm³/mol. The molecule has 1 aliphatic heterocycles. The molecule has 1 fully saturated rings. The van der Waals surface area contributed by atoms with Crippen LogP contribution < -0.4 is 0 Å². The van der Waals surface area contributed by atoms with Crippen molar-refractivity contribution in [2.75, 3.05) is 6.54 Å². The highest BCUT2D eigenvalue weighted by atomic mass is 32.1. The van der Waals surface area contributed by atoms with E-state index in [1.54, 1.807) is 11.3 Å². The summed E-state index contributed by atoms with van der Waals surface area (Å²) in [7, 11) is 0. The molecule has 0 amide bonds. The molecular formula is C17H19N3OS. The summed E-state index contributed by atoms with van der Waals surface area (Å²) >= 11 is 1.66. The average Bonchev–Trinajstić information content (AvgIpc) is 3.27. The van der Waals surface area contributed by atoms with Crippen LogP contribution in [0.1, 0.15) is 36.0 Å². The number of rotatable bonds is 4. The van der Waals surface area contributed by atoms with Crippen LogP contribution in [-0.4, -0.2) is 21.4 Å². The van der Waals surface area contributed by atoms with Crippen molar-refractivity contribution < 1.29 is 4.42 Å². The fraction of sp³-hybridized carbons (Fsp3) is 0.353. The number of nitrogens with zero attached hydrogens (tertiary/aromatic N) is 2. The number of nitrogens with one attached hydrogen (secondary N) is 1. The molecule has 5 heteroatoms. The first-order valence-corrected chi connectivity index (χ1v) is 8.57. The molecule has 0 saturated carbocycles. The van der Waals surface area contributed by atoms with E-state index in [1.807, 2.05) is 19.2 Å². The predicted octanol–water partition coefficient (Wildman–Crippen LogP) is 4.38. The van der Waals surface area contributed by atoms with Gasteiger partial charge in [-0.2, -0.15) is 0 Å². The number of thiophene rings is 1. The van der Waals surface area contributed by atoms with E-state index in [9.17, 15) is 0 Å². The van der Waals surface area contributed by atoms with E-state index in [0.29, 0.717) is 6.04 Å². The molecule has 1 atom stereocenters. The van der Waals surface area contributed by atoms with E-state index in [4.69, 9.17) is 9.40 Å². The zero-order chi connectivity index (χ0) is 14.9. The Hall–Kier alpha value is -1.85. The third-order valence-corrected chi connectivity index (χ3v) is 5.18. The van der Waals surface area contributed by atoms with Crippen molar-refractivity contribution in [3.63, 3.8) is 0 Å². The van der Waals surface area contributed by atoms with Crippen LogP contribution in [0.4, 0.5) is 0 Å². The minimum atomic E-state index is 0.469. The van der Waals surface area contributed by atoms with Gasteiger partial charge in [0.25, 0.3) is 0 Å². The van der Waals surface area contributed by atoms with E-state index >= 15 is 0 Å². The second-order valence-electron chi connectivity index (χ2n) is 5.75. The van der Waals surface area contributed by atoms with Gasteiger partial charge < -0.3 is 9.40 Å². The molecule has 1 unspecified atom stereocenters. The first-order valence-electron chi connectivity index (χ1n) is 7.69. The largest absolute Gasteiger partial charge is 0.440 e. The number of likely N-dealkylation sites (tertiary alicyclic amines) is 1. The van der Waals surface area contributed by atoms with E-state index in [0.717, 1.165) is 35.3 Å². The molecule has 3 aromatic heterocycles. The van der Waals surface area contributed by atoms with Crippen LogP contribution in [0.5, 0.6) is 0 Å². The van der Waals surface area contributed by atoms with E-state index < -0.39 is 0 Å². The first-order chi connectivity index (χ1) is 10.8. The monoisotopic (exact) mass is 313 g/mol. The van der Waals surface area contributed by atoms with Crippen molar-refractivity contribution >= 4 is 11.3 Å². The summed E-state index contributed by atoms with van der Waals surface area (Å²) < 4.78 is 5.86. The van der Waals surface area contributed by atoms with Gasteiger partial charge >= 0.3 is 0 Å². The topological polar surface area (TPSA) is 45.1 Å². The van der Waals surface area contributed by atoms with E-state index in [2.05, 4.69) is 33.5 Å². The van der Waals surface area contributed by atoms with Crippen molar-refractivity contribution in [2.24, 2.45) is 0 Å². The maximum atomic E-state index is 5.86. The van der Waals surface area contributed by atoms with Crippen LogP contribution >= 0.6 is 11.3 Å². The highest BCUT2D eigenvalue weighted by molar-refractivity contribution is 7.13. The lowest BCUT2D eigenvalue weighted by molar-refractivity contribution is 0.241. The quantitative estimate of drug-likeness (QED) is 0.777. The maximum Gasteiger partial charge on any atom is 0.236 e. The summed E-state index contributed by atoms with van der Waals surface area (Å²) in [5.74, 6) is 1.68. The van der Waals surface area contributed by atoms with Gasteiger partial charge in [-0.25, -0.2) is 4.98 Å².